The van der Waals surface area contributed by atoms with Crippen LogP contribution in [0.5, 0.6) is 0 Å². The molecule has 31 heavy (non-hydrogen) atoms. The predicted molar refractivity (Wildman–Crippen MR) is 123 cm³/mol. The van der Waals surface area contributed by atoms with Gasteiger partial charge in [-0.15, -0.1) is 0 Å². The second-order valence-electron chi connectivity index (χ2n) is 7.62. The predicted octanol–water partition coefficient (Wildman–Crippen LogP) is 5.50. The number of aromatic amines is 1. The van der Waals surface area contributed by atoms with Gasteiger partial charge in [-0.3, -0.25) is 4.98 Å². The Labute approximate surface area is 180 Å². The Morgan fingerprint density at radius 3 is 2.58 bits per heavy atom. The van der Waals surface area contributed by atoms with Crippen LogP contribution in [0.25, 0.3) is 28.2 Å². The van der Waals surface area contributed by atoms with E-state index in [-0.39, 0.29) is 12.0 Å². The lowest BCUT2D eigenvalue weighted by atomic mass is 9.98. The van der Waals surface area contributed by atoms with Crippen molar-refractivity contribution in [2.45, 2.75) is 12.3 Å². The molecule has 2 N–H and O–H groups in total. The molecule has 154 valence electrons. The third-order valence-electron chi connectivity index (χ3n) is 5.65. The van der Waals surface area contributed by atoms with Crippen LogP contribution in [0.15, 0.2) is 79.1 Å². The number of pyridine rings is 1. The van der Waals surface area contributed by atoms with Gasteiger partial charge in [-0.25, -0.2) is 4.79 Å². The molecule has 2 aromatic heterocycles. The van der Waals surface area contributed by atoms with Crippen LogP contribution in [0.3, 0.4) is 0 Å². The van der Waals surface area contributed by atoms with E-state index in [4.69, 9.17) is 4.74 Å². The number of nitrogens with one attached hydrogen (secondary N) is 2. The summed E-state index contributed by atoms with van der Waals surface area (Å²) in [6.07, 6.45) is 8.08. The molecule has 0 aliphatic heterocycles. The maximum Gasteiger partial charge on any atom is 0.407 e. The highest BCUT2D eigenvalue weighted by atomic mass is 16.5. The van der Waals surface area contributed by atoms with E-state index < -0.39 is 0 Å². The third kappa shape index (κ3) is 3.94. The summed E-state index contributed by atoms with van der Waals surface area (Å²) in [5, 5.41) is 2.83. The number of carbonyl (C=O) groups is 1. The van der Waals surface area contributed by atoms with Gasteiger partial charge in [0.1, 0.15) is 6.61 Å². The lowest BCUT2D eigenvalue weighted by Gasteiger charge is -2.14. The van der Waals surface area contributed by atoms with Gasteiger partial charge in [-0.2, -0.15) is 0 Å². The molecule has 0 spiro atoms. The number of H-pyrrole nitrogens is 1. The number of ether oxygens (including phenoxy) is 1. The smallest absolute Gasteiger partial charge is 0.407 e. The largest absolute Gasteiger partial charge is 0.449 e. The summed E-state index contributed by atoms with van der Waals surface area (Å²) >= 11 is 0. The maximum atomic E-state index is 12.2. The van der Waals surface area contributed by atoms with Crippen LogP contribution in [0, 0.1) is 0 Å². The highest BCUT2D eigenvalue weighted by Crippen LogP contribution is 2.44. The molecule has 0 fully saturated rings. The Morgan fingerprint density at radius 1 is 1.06 bits per heavy atom. The number of fused-ring (bicyclic) bond motifs is 4. The van der Waals surface area contributed by atoms with Crippen LogP contribution in [0.1, 0.15) is 29.0 Å². The number of aromatic nitrogens is 2. The first-order valence-corrected chi connectivity index (χ1v) is 10.5. The van der Waals surface area contributed by atoms with Gasteiger partial charge in [-0.1, -0.05) is 60.7 Å². The van der Waals surface area contributed by atoms with Crippen molar-refractivity contribution in [3.05, 3.63) is 95.8 Å². The van der Waals surface area contributed by atoms with Crippen molar-refractivity contribution in [3.63, 3.8) is 0 Å². The fourth-order valence-electron chi connectivity index (χ4n) is 4.17. The van der Waals surface area contributed by atoms with Crippen molar-refractivity contribution in [2.75, 3.05) is 13.2 Å². The quantitative estimate of drug-likeness (QED) is 0.413. The van der Waals surface area contributed by atoms with Crippen molar-refractivity contribution in [3.8, 4) is 11.1 Å². The summed E-state index contributed by atoms with van der Waals surface area (Å²) in [7, 11) is 0. The standard InChI is InChI=1S/C26H23N3O2/c30-26(28-13-6-5-7-18-15-25-24(29-16-18)12-14-27-25)31-17-23-21-10-3-1-8-19(21)20-9-2-4-11-22(20)23/h1-5,7-12,14-16,23,27H,6,13,17H2,(H,28,30). The lowest BCUT2D eigenvalue weighted by molar-refractivity contribution is 0.143. The topological polar surface area (TPSA) is 67.0 Å². The number of alkyl carbamates (subject to hydrolysis) is 1. The number of rotatable bonds is 6. The van der Waals surface area contributed by atoms with Crippen molar-refractivity contribution in [2.24, 2.45) is 0 Å². The molecular formula is C26H23N3O2. The molecule has 1 aliphatic carbocycles. The second-order valence-corrected chi connectivity index (χ2v) is 7.62. The maximum absolute atomic E-state index is 12.2. The Kier molecular flexibility index (Phi) is 5.23. The number of hydrogen-bond donors (Lipinski definition) is 2. The van der Waals surface area contributed by atoms with Crippen molar-refractivity contribution in [1.82, 2.24) is 15.3 Å². The highest BCUT2D eigenvalue weighted by Gasteiger charge is 2.28. The molecule has 5 nitrogen and oxygen atoms in total. The molecule has 0 radical (unpaired) electrons. The fourth-order valence-corrected chi connectivity index (χ4v) is 4.17. The van der Waals surface area contributed by atoms with Gasteiger partial charge >= 0.3 is 6.09 Å². The van der Waals surface area contributed by atoms with Gasteiger partial charge in [0.25, 0.3) is 0 Å². The number of amides is 1. The van der Waals surface area contributed by atoms with Crippen molar-refractivity contribution >= 4 is 23.2 Å². The molecule has 0 bridgehead atoms. The SMILES string of the molecule is O=C(NCCC=Cc1cnc2cc[nH]c2c1)OCC1c2ccccc2-c2ccccc21. The molecular weight excluding hydrogens is 386 g/mol. The lowest BCUT2D eigenvalue weighted by Crippen LogP contribution is -2.26. The second kappa shape index (κ2) is 8.48. The molecule has 0 saturated carbocycles. The average molecular weight is 409 g/mol. The summed E-state index contributed by atoms with van der Waals surface area (Å²) in [6, 6.07) is 20.7. The number of nitrogens with zero attached hydrogens (tertiary/aromatic N) is 1. The number of carbonyl (C=O) groups excluding carboxylic acids is 1. The van der Waals surface area contributed by atoms with E-state index in [1.54, 1.807) is 0 Å². The van der Waals surface area contributed by atoms with Gasteiger partial charge in [0, 0.05) is 24.9 Å². The zero-order chi connectivity index (χ0) is 21.0. The van der Waals surface area contributed by atoms with Gasteiger partial charge in [0.15, 0.2) is 0 Å². The normalized spacial score (nSPS) is 12.8. The minimum Gasteiger partial charge on any atom is -0.449 e. The third-order valence-corrected chi connectivity index (χ3v) is 5.65. The van der Waals surface area contributed by atoms with E-state index in [0.717, 1.165) is 16.6 Å². The monoisotopic (exact) mass is 409 g/mol. The molecule has 0 unspecified atom stereocenters. The number of benzene rings is 2. The summed E-state index contributed by atoms with van der Waals surface area (Å²) < 4.78 is 5.56. The summed E-state index contributed by atoms with van der Waals surface area (Å²) in [4.78, 5) is 19.7. The first-order valence-electron chi connectivity index (χ1n) is 10.5. The van der Waals surface area contributed by atoms with E-state index in [0.29, 0.717) is 19.6 Å². The summed E-state index contributed by atoms with van der Waals surface area (Å²) in [5.74, 6) is 0.0773. The molecule has 4 aromatic rings. The Bertz CT molecular complexity index is 1210. The van der Waals surface area contributed by atoms with Crippen molar-refractivity contribution < 1.29 is 9.53 Å². The number of hydrogen-bond acceptors (Lipinski definition) is 3. The molecule has 2 aromatic carbocycles. The molecule has 5 heteroatoms. The van der Waals surface area contributed by atoms with Crippen LogP contribution in [0.4, 0.5) is 4.79 Å². The van der Waals surface area contributed by atoms with Crippen LogP contribution in [0.2, 0.25) is 0 Å². The zero-order valence-corrected chi connectivity index (χ0v) is 17.0. The Hall–Kier alpha value is -3.86. The minimum absolute atomic E-state index is 0.0773. The Balaban J connectivity index is 1.12. The van der Waals surface area contributed by atoms with Gasteiger partial charge < -0.3 is 15.0 Å². The van der Waals surface area contributed by atoms with Gasteiger partial charge in [-0.05, 0) is 46.4 Å². The molecule has 2 heterocycles. The van der Waals surface area contributed by atoms with E-state index in [9.17, 15) is 4.79 Å². The van der Waals surface area contributed by atoms with E-state index in [2.05, 4.69) is 45.6 Å². The van der Waals surface area contributed by atoms with Gasteiger partial charge in [0.05, 0.1) is 11.0 Å². The summed E-state index contributed by atoms with van der Waals surface area (Å²) in [6.45, 7) is 0.850. The van der Waals surface area contributed by atoms with Crippen LogP contribution < -0.4 is 5.32 Å². The summed E-state index contributed by atoms with van der Waals surface area (Å²) in [5.41, 5.74) is 7.87. The molecule has 5 rings (SSSR count). The van der Waals surface area contributed by atoms with E-state index in [1.165, 1.54) is 22.3 Å². The average Bonchev–Trinajstić information content (AvgIpc) is 3.40. The van der Waals surface area contributed by atoms with Crippen molar-refractivity contribution in [1.29, 1.82) is 0 Å². The highest BCUT2D eigenvalue weighted by molar-refractivity contribution is 5.79. The van der Waals surface area contributed by atoms with Crippen LogP contribution >= 0.6 is 0 Å². The zero-order valence-electron chi connectivity index (χ0n) is 17.0. The van der Waals surface area contributed by atoms with Crippen LogP contribution in [-0.2, 0) is 4.74 Å². The molecule has 0 saturated heterocycles. The Morgan fingerprint density at radius 2 is 1.81 bits per heavy atom. The molecule has 1 aliphatic rings. The molecule has 1 amide bonds. The van der Waals surface area contributed by atoms with Gasteiger partial charge in [0.2, 0.25) is 0 Å². The fraction of sp³-hybridized carbons (Fsp3) is 0.154. The van der Waals surface area contributed by atoms with E-state index in [1.807, 2.05) is 54.9 Å². The first kappa shape index (κ1) is 19.1. The molecule has 0 atom stereocenters. The minimum atomic E-state index is -0.385. The van der Waals surface area contributed by atoms with Crippen LogP contribution in [-0.4, -0.2) is 29.2 Å². The van der Waals surface area contributed by atoms with E-state index >= 15 is 0 Å². The first-order chi connectivity index (χ1) is 15.3.